The van der Waals surface area contributed by atoms with Gasteiger partial charge in [-0.3, -0.25) is 4.79 Å². The first-order chi connectivity index (χ1) is 16.4. The minimum absolute atomic E-state index is 0.0966. The SMILES string of the molecule is CCOC(=O)c1cn(-c2cc(SCC(=O)Nc3cc(OC)c(OC)c(OC)c3)ncn2)nc1C. The van der Waals surface area contributed by atoms with Crippen molar-refractivity contribution in [3.63, 3.8) is 0 Å². The highest BCUT2D eigenvalue weighted by Gasteiger charge is 2.17. The van der Waals surface area contributed by atoms with Gasteiger partial charge in [-0.1, -0.05) is 11.8 Å². The van der Waals surface area contributed by atoms with E-state index in [1.807, 2.05) is 0 Å². The number of anilines is 1. The van der Waals surface area contributed by atoms with Crippen molar-refractivity contribution in [1.29, 1.82) is 0 Å². The summed E-state index contributed by atoms with van der Waals surface area (Å²) in [6.07, 6.45) is 2.93. The topological polar surface area (TPSA) is 127 Å². The maximum atomic E-state index is 12.5. The number of thioether (sulfide) groups is 1. The Balaban J connectivity index is 1.68. The third-order valence-corrected chi connectivity index (χ3v) is 5.48. The highest BCUT2D eigenvalue weighted by atomic mass is 32.2. The van der Waals surface area contributed by atoms with Gasteiger partial charge in [-0.05, 0) is 13.8 Å². The highest BCUT2D eigenvalue weighted by molar-refractivity contribution is 7.99. The van der Waals surface area contributed by atoms with Crippen molar-refractivity contribution in [1.82, 2.24) is 19.7 Å². The molecule has 0 aliphatic rings. The quantitative estimate of drug-likeness (QED) is 0.259. The Kier molecular flexibility index (Phi) is 8.30. The first-order valence-electron chi connectivity index (χ1n) is 10.2. The van der Waals surface area contributed by atoms with Crippen LogP contribution in [0.3, 0.4) is 0 Å². The maximum absolute atomic E-state index is 12.5. The van der Waals surface area contributed by atoms with E-state index in [0.29, 0.717) is 45.0 Å². The molecular weight excluding hydrogens is 462 g/mol. The maximum Gasteiger partial charge on any atom is 0.341 e. The van der Waals surface area contributed by atoms with Gasteiger partial charge in [0.1, 0.15) is 16.9 Å². The second-order valence-corrected chi connectivity index (χ2v) is 7.75. The summed E-state index contributed by atoms with van der Waals surface area (Å²) >= 11 is 1.23. The van der Waals surface area contributed by atoms with Gasteiger partial charge in [0.25, 0.3) is 0 Å². The molecule has 1 amide bonds. The van der Waals surface area contributed by atoms with Gasteiger partial charge in [0, 0.05) is 30.1 Å². The Bertz CT molecular complexity index is 1160. The van der Waals surface area contributed by atoms with Crippen molar-refractivity contribution in [2.24, 2.45) is 0 Å². The zero-order chi connectivity index (χ0) is 24.7. The number of aromatic nitrogens is 4. The third kappa shape index (κ3) is 5.76. The van der Waals surface area contributed by atoms with Crippen molar-refractivity contribution < 1.29 is 28.5 Å². The van der Waals surface area contributed by atoms with E-state index in [1.54, 1.807) is 38.2 Å². The molecule has 12 heteroatoms. The molecule has 2 aromatic heterocycles. The molecular formula is C22H25N5O6S. The van der Waals surface area contributed by atoms with E-state index >= 15 is 0 Å². The summed E-state index contributed by atoms with van der Waals surface area (Å²) in [5.41, 5.74) is 1.39. The molecule has 2 heterocycles. The molecule has 0 aliphatic carbocycles. The van der Waals surface area contributed by atoms with Crippen molar-refractivity contribution in [3.8, 4) is 23.1 Å². The molecule has 1 aromatic carbocycles. The summed E-state index contributed by atoms with van der Waals surface area (Å²) < 4.78 is 22.4. The van der Waals surface area contributed by atoms with Crippen LogP contribution in [-0.4, -0.2) is 65.3 Å². The fraction of sp³-hybridized carbons (Fsp3) is 0.318. The molecule has 1 N–H and O–H groups in total. The predicted octanol–water partition coefficient (Wildman–Crippen LogP) is 2.90. The number of hydrogen-bond acceptors (Lipinski definition) is 10. The highest BCUT2D eigenvalue weighted by Crippen LogP contribution is 2.40. The number of nitrogens with one attached hydrogen (secondary N) is 1. The monoisotopic (exact) mass is 487 g/mol. The van der Waals surface area contributed by atoms with Crippen LogP contribution in [0.4, 0.5) is 5.69 Å². The Labute approximate surface area is 200 Å². The first kappa shape index (κ1) is 24.8. The molecule has 0 bridgehead atoms. The Morgan fingerprint density at radius 2 is 1.76 bits per heavy atom. The van der Waals surface area contributed by atoms with Crippen LogP contribution in [0.2, 0.25) is 0 Å². The number of carbonyl (C=O) groups excluding carboxylic acids is 2. The van der Waals surface area contributed by atoms with E-state index in [-0.39, 0.29) is 18.3 Å². The molecule has 0 saturated carbocycles. The minimum atomic E-state index is -0.446. The van der Waals surface area contributed by atoms with Crippen LogP contribution in [0, 0.1) is 6.92 Å². The summed E-state index contributed by atoms with van der Waals surface area (Å²) in [6, 6.07) is 4.97. The van der Waals surface area contributed by atoms with Crippen LogP contribution >= 0.6 is 11.8 Å². The van der Waals surface area contributed by atoms with Crippen molar-refractivity contribution in [3.05, 3.63) is 42.0 Å². The lowest BCUT2D eigenvalue weighted by molar-refractivity contribution is -0.113. The standard InChI is InChI=1S/C22H25N5O6S/c1-6-33-22(29)15-10-27(26-13(15)2)18-9-20(24-12-23-18)34-11-19(28)25-14-7-16(30-3)21(32-5)17(8-14)31-4/h7-10,12H,6,11H2,1-5H3,(H,25,28). The molecule has 0 aliphatic heterocycles. The zero-order valence-electron chi connectivity index (χ0n) is 19.4. The number of nitrogens with zero attached hydrogens (tertiary/aromatic N) is 4. The van der Waals surface area contributed by atoms with Gasteiger partial charge in [-0.25, -0.2) is 19.4 Å². The molecule has 180 valence electrons. The molecule has 34 heavy (non-hydrogen) atoms. The number of amides is 1. The minimum Gasteiger partial charge on any atom is -0.493 e. The number of ether oxygens (including phenoxy) is 4. The Hall–Kier alpha value is -3.80. The van der Waals surface area contributed by atoms with Crippen LogP contribution in [-0.2, 0) is 9.53 Å². The van der Waals surface area contributed by atoms with E-state index in [0.717, 1.165) is 0 Å². The fourth-order valence-electron chi connectivity index (χ4n) is 3.01. The number of hydrogen-bond donors (Lipinski definition) is 1. The number of benzene rings is 1. The Morgan fingerprint density at radius 1 is 1.06 bits per heavy atom. The van der Waals surface area contributed by atoms with Crippen molar-refractivity contribution in [2.75, 3.05) is 39.0 Å². The lowest BCUT2D eigenvalue weighted by atomic mass is 10.2. The van der Waals surface area contributed by atoms with E-state index in [4.69, 9.17) is 18.9 Å². The second kappa shape index (κ2) is 11.4. The molecule has 11 nitrogen and oxygen atoms in total. The zero-order valence-corrected chi connectivity index (χ0v) is 20.3. The van der Waals surface area contributed by atoms with Gasteiger partial charge in [-0.15, -0.1) is 0 Å². The molecule has 0 spiro atoms. The van der Waals surface area contributed by atoms with Gasteiger partial charge in [-0.2, -0.15) is 5.10 Å². The van der Waals surface area contributed by atoms with Crippen LogP contribution < -0.4 is 19.5 Å². The van der Waals surface area contributed by atoms with E-state index in [1.165, 1.54) is 44.1 Å². The third-order valence-electron chi connectivity index (χ3n) is 4.56. The number of carbonyl (C=O) groups is 2. The van der Waals surface area contributed by atoms with Gasteiger partial charge >= 0.3 is 5.97 Å². The van der Waals surface area contributed by atoms with Crippen molar-refractivity contribution >= 4 is 29.3 Å². The lowest BCUT2D eigenvalue weighted by Gasteiger charge is -2.14. The largest absolute Gasteiger partial charge is 0.493 e. The average Bonchev–Trinajstić information content (AvgIpc) is 3.24. The average molecular weight is 488 g/mol. The van der Waals surface area contributed by atoms with Gasteiger partial charge in [0.05, 0.1) is 39.4 Å². The Morgan fingerprint density at radius 3 is 2.38 bits per heavy atom. The van der Waals surface area contributed by atoms with Crippen LogP contribution in [0.15, 0.2) is 35.7 Å². The number of rotatable bonds is 10. The summed E-state index contributed by atoms with van der Waals surface area (Å²) in [5.74, 6) is 1.16. The summed E-state index contributed by atoms with van der Waals surface area (Å²) in [4.78, 5) is 33.0. The first-order valence-corrected chi connectivity index (χ1v) is 11.2. The molecule has 0 atom stereocenters. The van der Waals surface area contributed by atoms with Crippen LogP contribution in [0.25, 0.3) is 5.82 Å². The van der Waals surface area contributed by atoms with Gasteiger partial charge in [0.2, 0.25) is 11.7 Å². The second-order valence-electron chi connectivity index (χ2n) is 6.76. The molecule has 0 fully saturated rings. The number of aryl methyl sites for hydroxylation is 1. The number of methoxy groups -OCH3 is 3. The van der Waals surface area contributed by atoms with E-state index in [2.05, 4.69) is 20.4 Å². The molecule has 0 unspecified atom stereocenters. The lowest BCUT2D eigenvalue weighted by Crippen LogP contribution is -2.14. The van der Waals surface area contributed by atoms with Crippen molar-refractivity contribution in [2.45, 2.75) is 18.9 Å². The van der Waals surface area contributed by atoms with Crippen LogP contribution in [0.1, 0.15) is 23.0 Å². The normalized spacial score (nSPS) is 10.5. The van der Waals surface area contributed by atoms with Gasteiger partial charge < -0.3 is 24.3 Å². The van der Waals surface area contributed by atoms with E-state index < -0.39 is 5.97 Å². The molecule has 0 saturated heterocycles. The van der Waals surface area contributed by atoms with Gasteiger partial charge in [0.15, 0.2) is 17.3 Å². The molecule has 0 radical (unpaired) electrons. The smallest absolute Gasteiger partial charge is 0.341 e. The fourth-order valence-corrected chi connectivity index (χ4v) is 3.67. The predicted molar refractivity (Wildman–Crippen MR) is 125 cm³/mol. The molecule has 3 rings (SSSR count). The summed E-state index contributed by atoms with van der Waals surface area (Å²) in [5, 5.41) is 7.70. The summed E-state index contributed by atoms with van der Waals surface area (Å²) in [6.45, 7) is 3.73. The number of esters is 1. The van der Waals surface area contributed by atoms with Crippen LogP contribution in [0.5, 0.6) is 17.2 Å². The molecule has 3 aromatic rings. The summed E-state index contributed by atoms with van der Waals surface area (Å²) in [7, 11) is 4.51. The van der Waals surface area contributed by atoms with E-state index in [9.17, 15) is 9.59 Å².